The van der Waals surface area contributed by atoms with Crippen molar-refractivity contribution < 1.29 is 13.9 Å². The highest BCUT2D eigenvalue weighted by molar-refractivity contribution is 5.92. The molecule has 4 aromatic rings. The van der Waals surface area contributed by atoms with Gasteiger partial charge in [0.25, 0.3) is 5.91 Å². The van der Waals surface area contributed by atoms with Crippen molar-refractivity contribution in [3.63, 3.8) is 0 Å². The molecule has 0 saturated carbocycles. The molecule has 29 heavy (non-hydrogen) atoms. The number of aromatic amines is 2. The lowest BCUT2D eigenvalue weighted by Crippen LogP contribution is -2.29. The highest BCUT2D eigenvalue weighted by Gasteiger charge is 2.16. The average molecular weight is 393 g/mol. The number of benzene rings is 2. The smallest absolute Gasteiger partial charge is 0.274 e. The van der Waals surface area contributed by atoms with Gasteiger partial charge in [0.1, 0.15) is 24.0 Å². The van der Waals surface area contributed by atoms with E-state index in [1.165, 1.54) is 12.1 Å². The molecule has 0 fully saturated rings. The van der Waals surface area contributed by atoms with Crippen LogP contribution in [0, 0.1) is 5.82 Å². The third-order valence-electron chi connectivity index (χ3n) is 4.51. The van der Waals surface area contributed by atoms with E-state index in [0.29, 0.717) is 30.1 Å². The van der Waals surface area contributed by atoms with Crippen molar-refractivity contribution in [2.45, 2.75) is 13.0 Å². The van der Waals surface area contributed by atoms with E-state index in [-0.39, 0.29) is 18.3 Å². The van der Waals surface area contributed by atoms with E-state index in [0.717, 1.165) is 16.9 Å². The van der Waals surface area contributed by atoms with Gasteiger partial charge >= 0.3 is 0 Å². The van der Waals surface area contributed by atoms with Gasteiger partial charge in [0.05, 0.1) is 16.7 Å². The van der Waals surface area contributed by atoms with Gasteiger partial charge in [-0.05, 0) is 30.3 Å². The van der Waals surface area contributed by atoms with E-state index in [1.807, 2.05) is 24.3 Å². The number of hydrogen-bond donors (Lipinski definition) is 2. The predicted molar refractivity (Wildman–Crippen MR) is 106 cm³/mol. The van der Waals surface area contributed by atoms with Crippen molar-refractivity contribution in [1.82, 2.24) is 25.1 Å². The number of amides is 1. The molecule has 2 aromatic carbocycles. The molecule has 2 aromatic heterocycles. The predicted octanol–water partition coefficient (Wildman–Crippen LogP) is 3.32. The largest absolute Gasteiger partial charge is 0.487 e. The van der Waals surface area contributed by atoms with Gasteiger partial charge in [-0.3, -0.25) is 9.89 Å². The molecule has 0 spiro atoms. The van der Waals surface area contributed by atoms with E-state index in [9.17, 15) is 9.18 Å². The highest BCUT2D eigenvalue weighted by atomic mass is 19.1. The van der Waals surface area contributed by atoms with Crippen LogP contribution in [0.25, 0.3) is 11.0 Å². The highest BCUT2D eigenvalue weighted by Crippen LogP contribution is 2.14. The number of imidazole rings is 1. The first-order chi connectivity index (χ1) is 14.1. The summed E-state index contributed by atoms with van der Waals surface area (Å²) >= 11 is 0. The molecule has 148 valence electrons. The second-order valence-electron chi connectivity index (χ2n) is 6.70. The Kier molecular flexibility index (Phi) is 5.24. The Bertz CT molecular complexity index is 1100. The molecule has 2 heterocycles. The summed E-state index contributed by atoms with van der Waals surface area (Å²) in [6.07, 6.45) is 0.608. The topological polar surface area (TPSA) is 86.9 Å². The van der Waals surface area contributed by atoms with Crippen molar-refractivity contribution in [3.05, 3.63) is 77.6 Å². The van der Waals surface area contributed by atoms with Crippen LogP contribution < -0.4 is 4.74 Å². The number of carbonyl (C=O) groups excluding carboxylic acids is 1. The van der Waals surface area contributed by atoms with Crippen molar-refractivity contribution in [1.29, 1.82) is 0 Å². The van der Waals surface area contributed by atoms with Crippen LogP contribution in [0.4, 0.5) is 4.39 Å². The standard InChI is InChI=1S/C21H20FN5O2/c1-27(10-9-20-23-17-7-2-3-8-18(17)24-20)21(28)19-12-15(25-26-19)13-29-16-6-4-5-14(22)11-16/h2-8,11-12H,9-10,13H2,1H3,(H,23,24)(H,25,26). The summed E-state index contributed by atoms with van der Waals surface area (Å²) in [5.74, 6) is 0.677. The molecule has 2 N–H and O–H groups in total. The van der Waals surface area contributed by atoms with Crippen molar-refractivity contribution >= 4 is 16.9 Å². The molecule has 8 heteroatoms. The van der Waals surface area contributed by atoms with Crippen LogP contribution in [-0.4, -0.2) is 44.6 Å². The quantitative estimate of drug-likeness (QED) is 0.504. The zero-order chi connectivity index (χ0) is 20.2. The Morgan fingerprint density at radius 3 is 2.86 bits per heavy atom. The molecule has 1 amide bonds. The number of hydrogen-bond acceptors (Lipinski definition) is 4. The molecule has 0 saturated heterocycles. The normalized spacial score (nSPS) is 11.0. The fourth-order valence-corrected chi connectivity index (χ4v) is 2.96. The van der Waals surface area contributed by atoms with E-state index >= 15 is 0 Å². The number of carbonyl (C=O) groups is 1. The lowest BCUT2D eigenvalue weighted by atomic mass is 10.3. The minimum atomic E-state index is -0.367. The van der Waals surface area contributed by atoms with Crippen LogP contribution in [0.2, 0.25) is 0 Å². The maximum atomic E-state index is 13.2. The molecule has 0 atom stereocenters. The maximum Gasteiger partial charge on any atom is 0.274 e. The van der Waals surface area contributed by atoms with Gasteiger partial charge in [-0.15, -0.1) is 0 Å². The Morgan fingerprint density at radius 1 is 1.17 bits per heavy atom. The minimum absolute atomic E-state index is 0.159. The van der Waals surface area contributed by atoms with Crippen LogP contribution in [0.3, 0.4) is 0 Å². The van der Waals surface area contributed by atoms with Crippen LogP contribution in [0.5, 0.6) is 5.75 Å². The summed E-state index contributed by atoms with van der Waals surface area (Å²) < 4.78 is 18.7. The van der Waals surface area contributed by atoms with Gasteiger partial charge in [-0.25, -0.2) is 9.37 Å². The zero-order valence-electron chi connectivity index (χ0n) is 15.9. The summed E-state index contributed by atoms with van der Waals surface area (Å²) in [5.41, 5.74) is 2.82. The number of fused-ring (bicyclic) bond motifs is 1. The second kappa shape index (κ2) is 8.14. The second-order valence-corrected chi connectivity index (χ2v) is 6.70. The Hall–Kier alpha value is -3.68. The number of likely N-dealkylation sites (N-methyl/N-ethyl adjacent to an activating group) is 1. The monoisotopic (exact) mass is 393 g/mol. The Balaban J connectivity index is 1.32. The van der Waals surface area contributed by atoms with Gasteiger partial charge in [-0.2, -0.15) is 5.10 Å². The number of rotatable bonds is 7. The van der Waals surface area contributed by atoms with E-state index in [4.69, 9.17) is 4.74 Å². The van der Waals surface area contributed by atoms with Gasteiger partial charge < -0.3 is 14.6 Å². The first-order valence-corrected chi connectivity index (χ1v) is 9.20. The fourth-order valence-electron chi connectivity index (χ4n) is 2.96. The van der Waals surface area contributed by atoms with Crippen LogP contribution >= 0.6 is 0 Å². The molecule has 0 aliphatic rings. The summed E-state index contributed by atoms with van der Waals surface area (Å²) in [6, 6.07) is 15.3. The number of nitrogens with zero attached hydrogens (tertiary/aromatic N) is 3. The van der Waals surface area contributed by atoms with E-state index in [1.54, 1.807) is 30.1 Å². The molecule has 7 nitrogen and oxygen atoms in total. The molecule has 0 bridgehead atoms. The Morgan fingerprint density at radius 2 is 2.03 bits per heavy atom. The molecule has 4 rings (SSSR count). The van der Waals surface area contributed by atoms with Crippen molar-refractivity contribution in [2.24, 2.45) is 0 Å². The van der Waals surface area contributed by atoms with Gasteiger partial charge in [-0.1, -0.05) is 18.2 Å². The number of ether oxygens (including phenoxy) is 1. The number of para-hydroxylation sites is 2. The molecule has 0 aliphatic carbocycles. The summed E-state index contributed by atoms with van der Waals surface area (Å²) in [5, 5.41) is 6.85. The van der Waals surface area contributed by atoms with Gasteiger partial charge in [0.15, 0.2) is 5.69 Å². The number of halogens is 1. The Labute approximate surface area is 166 Å². The molecule has 0 unspecified atom stereocenters. The van der Waals surface area contributed by atoms with E-state index < -0.39 is 0 Å². The first kappa shape index (κ1) is 18.7. The SMILES string of the molecule is CN(CCc1nc2ccccc2[nH]1)C(=O)c1cc(COc2cccc(F)c2)[nH]n1. The zero-order valence-corrected chi connectivity index (χ0v) is 15.9. The molecular formula is C21H20FN5O2. The molecule has 0 aliphatic heterocycles. The first-order valence-electron chi connectivity index (χ1n) is 9.20. The summed E-state index contributed by atoms with van der Waals surface area (Å²) in [4.78, 5) is 22.0. The number of nitrogens with one attached hydrogen (secondary N) is 2. The third-order valence-corrected chi connectivity index (χ3v) is 4.51. The van der Waals surface area contributed by atoms with Crippen LogP contribution in [0.15, 0.2) is 54.6 Å². The lowest BCUT2D eigenvalue weighted by molar-refractivity contribution is 0.0790. The maximum absolute atomic E-state index is 13.2. The lowest BCUT2D eigenvalue weighted by Gasteiger charge is -2.14. The third kappa shape index (κ3) is 4.43. The van der Waals surface area contributed by atoms with Gasteiger partial charge in [0.2, 0.25) is 0 Å². The fraction of sp³-hybridized carbons (Fsp3) is 0.190. The van der Waals surface area contributed by atoms with Crippen molar-refractivity contribution in [3.8, 4) is 5.75 Å². The number of aromatic nitrogens is 4. The average Bonchev–Trinajstić information content (AvgIpc) is 3.36. The summed E-state index contributed by atoms with van der Waals surface area (Å²) in [6.45, 7) is 0.660. The van der Waals surface area contributed by atoms with Crippen LogP contribution in [0.1, 0.15) is 22.0 Å². The van der Waals surface area contributed by atoms with Crippen LogP contribution in [-0.2, 0) is 13.0 Å². The minimum Gasteiger partial charge on any atom is -0.487 e. The summed E-state index contributed by atoms with van der Waals surface area (Å²) in [7, 11) is 1.72. The molecule has 0 radical (unpaired) electrons. The van der Waals surface area contributed by atoms with Crippen molar-refractivity contribution in [2.75, 3.05) is 13.6 Å². The number of H-pyrrole nitrogens is 2. The van der Waals surface area contributed by atoms with Gasteiger partial charge in [0, 0.05) is 26.1 Å². The van der Waals surface area contributed by atoms with E-state index in [2.05, 4.69) is 20.2 Å². The molecular weight excluding hydrogens is 373 g/mol.